The number of ether oxygens (including phenoxy) is 1. The summed E-state index contributed by atoms with van der Waals surface area (Å²) in [5.41, 5.74) is 0.898. The fourth-order valence-corrected chi connectivity index (χ4v) is 2.22. The van der Waals surface area contributed by atoms with Crippen LogP contribution in [0.15, 0.2) is 42.0 Å². The van der Waals surface area contributed by atoms with Crippen molar-refractivity contribution in [3.63, 3.8) is 0 Å². The van der Waals surface area contributed by atoms with E-state index in [-0.39, 0.29) is 0 Å². The van der Waals surface area contributed by atoms with Crippen LogP contribution in [-0.2, 0) is 6.18 Å². The third-order valence-electron chi connectivity index (χ3n) is 3.33. The van der Waals surface area contributed by atoms with Gasteiger partial charge >= 0.3 is 6.18 Å². The highest BCUT2D eigenvalue weighted by Crippen LogP contribution is 2.34. The SMILES string of the molecule is COc1ccc(C(F)(F)F)cc1NCCC1=CCCC=C1. The molecule has 0 aliphatic heterocycles. The van der Waals surface area contributed by atoms with Crippen molar-refractivity contribution in [1.82, 2.24) is 0 Å². The fraction of sp³-hybridized carbons (Fsp3) is 0.375. The molecule has 1 N–H and O–H groups in total. The number of halogens is 3. The monoisotopic (exact) mass is 297 g/mol. The number of allylic oxidation sites excluding steroid dienone is 3. The molecule has 2 rings (SSSR count). The molecule has 0 saturated heterocycles. The summed E-state index contributed by atoms with van der Waals surface area (Å²) in [6.07, 6.45) is 4.84. The molecule has 21 heavy (non-hydrogen) atoms. The minimum Gasteiger partial charge on any atom is -0.495 e. The van der Waals surface area contributed by atoms with Gasteiger partial charge in [-0.15, -0.1) is 0 Å². The van der Waals surface area contributed by atoms with Gasteiger partial charge in [-0.1, -0.05) is 23.8 Å². The Labute approximate surface area is 122 Å². The summed E-state index contributed by atoms with van der Waals surface area (Å²) < 4.78 is 43.3. The van der Waals surface area contributed by atoms with E-state index in [9.17, 15) is 13.2 Å². The third kappa shape index (κ3) is 4.28. The van der Waals surface area contributed by atoms with Crippen LogP contribution in [0.3, 0.4) is 0 Å². The van der Waals surface area contributed by atoms with Crippen molar-refractivity contribution in [2.45, 2.75) is 25.4 Å². The molecule has 1 aliphatic carbocycles. The van der Waals surface area contributed by atoms with Gasteiger partial charge in [0.2, 0.25) is 0 Å². The molecule has 114 valence electrons. The summed E-state index contributed by atoms with van der Waals surface area (Å²) in [5, 5.41) is 3.02. The van der Waals surface area contributed by atoms with E-state index in [4.69, 9.17) is 4.74 Å². The zero-order valence-corrected chi connectivity index (χ0v) is 11.8. The quantitative estimate of drug-likeness (QED) is 0.843. The Balaban J connectivity index is 2.03. The number of benzene rings is 1. The fourth-order valence-electron chi connectivity index (χ4n) is 2.22. The molecule has 0 heterocycles. The predicted octanol–water partition coefficient (Wildman–Crippen LogP) is 4.79. The van der Waals surface area contributed by atoms with Gasteiger partial charge in [-0.3, -0.25) is 0 Å². The summed E-state index contributed by atoms with van der Waals surface area (Å²) in [7, 11) is 1.44. The molecule has 5 heteroatoms. The van der Waals surface area contributed by atoms with E-state index < -0.39 is 11.7 Å². The van der Waals surface area contributed by atoms with Crippen molar-refractivity contribution < 1.29 is 17.9 Å². The number of nitrogens with one attached hydrogen (secondary N) is 1. The third-order valence-corrected chi connectivity index (χ3v) is 3.33. The Morgan fingerprint density at radius 3 is 2.67 bits per heavy atom. The topological polar surface area (TPSA) is 21.3 Å². The second-order valence-corrected chi connectivity index (χ2v) is 4.85. The largest absolute Gasteiger partial charge is 0.495 e. The molecule has 1 aromatic rings. The predicted molar refractivity (Wildman–Crippen MR) is 77.6 cm³/mol. The Morgan fingerprint density at radius 2 is 2.05 bits per heavy atom. The van der Waals surface area contributed by atoms with Crippen LogP contribution in [0.25, 0.3) is 0 Å². The zero-order chi connectivity index (χ0) is 15.3. The van der Waals surface area contributed by atoms with E-state index in [1.807, 2.05) is 0 Å². The molecule has 0 fully saturated rings. The average molecular weight is 297 g/mol. The standard InChI is InChI=1S/C16H18F3NO/c1-21-15-8-7-13(16(17,18)19)11-14(15)20-10-9-12-5-3-2-4-6-12/h3,5-8,11,20H,2,4,9-10H2,1H3. The molecule has 0 unspecified atom stereocenters. The van der Waals surface area contributed by atoms with Crippen molar-refractivity contribution in [2.24, 2.45) is 0 Å². The summed E-state index contributed by atoms with van der Waals surface area (Å²) in [5.74, 6) is 0.413. The van der Waals surface area contributed by atoms with Crippen LogP contribution >= 0.6 is 0 Å². The lowest BCUT2D eigenvalue weighted by molar-refractivity contribution is -0.137. The molecule has 0 amide bonds. The van der Waals surface area contributed by atoms with Crippen LogP contribution in [0.4, 0.5) is 18.9 Å². The van der Waals surface area contributed by atoms with Crippen molar-refractivity contribution in [2.75, 3.05) is 19.0 Å². The molecule has 2 nitrogen and oxygen atoms in total. The van der Waals surface area contributed by atoms with E-state index in [0.717, 1.165) is 31.4 Å². The maximum atomic E-state index is 12.7. The summed E-state index contributed by atoms with van der Waals surface area (Å²) >= 11 is 0. The van der Waals surface area contributed by atoms with Crippen LogP contribution in [0.1, 0.15) is 24.8 Å². The van der Waals surface area contributed by atoms with Gasteiger partial charge in [0.1, 0.15) is 5.75 Å². The Bertz CT molecular complexity index is 547. The molecular weight excluding hydrogens is 279 g/mol. The molecule has 0 bridgehead atoms. The van der Waals surface area contributed by atoms with Crippen molar-refractivity contribution in [3.8, 4) is 5.75 Å². The molecule has 0 saturated carbocycles. The second kappa shape index (κ2) is 6.70. The molecule has 0 radical (unpaired) electrons. The van der Waals surface area contributed by atoms with E-state index >= 15 is 0 Å². The van der Waals surface area contributed by atoms with E-state index in [1.54, 1.807) is 0 Å². The highest BCUT2D eigenvalue weighted by Gasteiger charge is 2.31. The molecule has 0 atom stereocenters. The van der Waals surface area contributed by atoms with E-state index in [0.29, 0.717) is 18.0 Å². The van der Waals surface area contributed by atoms with E-state index in [2.05, 4.69) is 23.5 Å². The number of alkyl halides is 3. The van der Waals surface area contributed by atoms with Crippen LogP contribution in [-0.4, -0.2) is 13.7 Å². The van der Waals surface area contributed by atoms with Gasteiger partial charge in [-0.05, 0) is 37.5 Å². The second-order valence-electron chi connectivity index (χ2n) is 4.85. The smallest absolute Gasteiger partial charge is 0.416 e. The lowest BCUT2D eigenvalue weighted by Crippen LogP contribution is -2.09. The number of hydrogen-bond acceptors (Lipinski definition) is 2. The van der Waals surface area contributed by atoms with Gasteiger partial charge in [0, 0.05) is 6.54 Å². The van der Waals surface area contributed by atoms with Crippen LogP contribution in [0.2, 0.25) is 0 Å². The number of anilines is 1. The maximum Gasteiger partial charge on any atom is 0.416 e. The van der Waals surface area contributed by atoms with Crippen LogP contribution < -0.4 is 10.1 Å². The first kappa shape index (κ1) is 15.5. The van der Waals surface area contributed by atoms with Crippen LogP contribution in [0, 0.1) is 0 Å². The lowest BCUT2D eigenvalue weighted by atomic mass is 10.0. The van der Waals surface area contributed by atoms with Crippen molar-refractivity contribution in [3.05, 3.63) is 47.6 Å². The molecule has 0 aromatic heterocycles. The number of hydrogen-bond donors (Lipinski definition) is 1. The van der Waals surface area contributed by atoms with Crippen molar-refractivity contribution in [1.29, 1.82) is 0 Å². The molecular formula is C16H18F3NO. The van der Waals surface area contributed by atoms with Crippen molar-refractivity contribution >= 4 is 5.69 Å². The van der Waals surface area contributed by atoms with Gasteiger partial charge in [-0.25, -0.2) is 0 Å². The molecule has 0 spiro atoms. The number of methoxy groups -OCH3 is 1. The Kier molecular flexibility index (Phi) is 4.94. The highest BCUT2D eigenvalue weighted by atomic mass is 19.4. The zero-order valence-electron chi connectivity index (χ0n) is 11.8. The minimum atomic E-state index is -4.35. The maximum absolute atomic E-state index is 12.7. The van der Waals surface area contributed by atoms with Gasteiger partial charge in [-0.2, -0.15) is 13.2 Å². The van der Waals surface area contributed by atoms with Gasteiger partial charge in [0.05, 0.1) is 18.4 Å². The first-order chi connectivity index (χ1) is 10.0. The minimum absolute atomic E-state index is 0.368. The number of rotatable bonds is 5. The Morgan fingerprint density at radius 1 is 1.24 bits per heavy atom. The van der Waals surface area contributed by atoms with Gasteiger partial charge in [0.15, 0.2) is 0 Å². The first-order valence-corrected chi connectivity index (χ1v) is 6.85. The average Bonchev–Trinajstić information content (AvgIpc) is 2.47. The molecule has 1 aliphatic rings. The lowest BCUT2D eigenvalue weighted by Gasteiger charge is -2.15. The Hall–Kier alpha value is -1.91. The normalized spacial score (nSPS) is 14.8. The van der Waals surface area contributed by atoms with E-state index in [1.165, 1.54) is 18.7 Å². The summed E-state index contributed by atoms with van der Waals surface area (Å²) in [6.45, 7) is 0.563. The van der Waals surface area contributed by atoms with Crippen LogP contribution in [0.5, 0.6) is 5.75 Å². The van der Waals surface area contributed by atoms with Gasteiger partial charge < -0.3 is 10.1 Å². The van der Waals surface area contributed by atoms with Gasteiger partial charge in [0.25, 0.3) is 0 Å². The highest BCUT2D eigenvalue weighted by molar-refractivity contribution is 5.58. The summed E-state index contributed by atoms with van der Waals surface area (Å²) in [6, 6.07) is 3.45. The summed E-state index contributed by atoms with van der Waals surface area (Å²) in [4.78, 5) is 0. The molecule has 1 aromatic carbocycles. The first-order valence-electron chi connectivity index (χ1n) is 6.85.